The summed E-state index contributed by atoms with van der Waals surface area (Å²) in [7, 11) is 0. The second-order valence-corrected chi connectivity index (χ2v) is 44.1. The van der Waals surface area contributed by atoms with E-state index in [0.29, 0.717) is 38.2 Å². The van der Waals surface area contributed by atoms with E-state index >= 15 is 0 Å². The van der Waals surface area contributed by atoms with E-state index in [4.69, 9.17) is 4.74 Å². The third-order valence-electron chi connectivity index (χ3n) is 19.7. The lowest BCUT2D eigenvalue weighted by molar-refractivity contribution is 0.0233. The Morgan fingerprint density at radius 3 is 0.851 bits per heavy atom. The predicted octanol–water partition coefficient (Wildman–Crippen LogP) is 26.0. The highest BCUT2D eigenvalue weighted by Crippen LogP contribution is 2.32. The number of rotatable bonds is 0. The quantitative estimate of drug-likeness (QED) is 0.241. The van der Waals surface area contributed by atoms with Crippen molar-refractivity contribution in [1.29, 1.82) is 0 Å². The van der Waals surface area contributed by atoms with Gasteiger partial charge in [-0.1, -0.05) is 256 Å². The van der Waals surface area contributed by atoms with Crippen molar-refractivity contribution >= 4 is 0 Å². The van der Waals surface area contributed by atoms with E-state index in [1.54, 1.807) is 0 Å². The molecule has 11 saturated heterocycles. The summed E-state index contributed by atoms with van der Waals surface area (Å²) >= 11 is 0. The van der Waals surface area contributed by atoms with Gasteiger partial charge >= 0.3 is 0 Å². The molecule has 0 amide bonds. The smallest absolute Gasteiger partial charge is 0.0466 e. The monoisotopic (exact) mass is 1430 g/mol. The van der Waals surface area contributed by atoms with Gasteiger partial charge < -0.3 is 19.9 Å². The van der Waals surface area contributed by atoms with Crippen molar-refractivity contribution in [1.82, 2.24) is 34.7 Å². The van der Waals surface area contributed by atoms with Crippen LogP contribution in [0.1, 0.15) is 419 Å². The van der Waals surface area contributed by atoms with E-state index in [1.807, 2.05) is 0 Å². The molecule has 11 heterocycles. The van der Waals surface area contributed by atoms with Crippen molar-refractivity contribution in [2.45, 2.75) is 454 Å². The minimum atomic E-state index is 0.354. The van der Waals surface area contributed by atoms with E-state index < -0.39 is 0 Å². The van der Waals surface area contributed by atoms with Crippen LogP contribution in [0.5, 0.6) is 0 Å². The number of nitrogens with one attached hydrogen (secondary N) is 1. The molecular weight excluding hydrogens is 1230 g/mol. The third-order valence-corrected chi connectivity index (χ3v) is 19.7. The van der Waals surface area contributed by atoms with Gasteiger partial charge in [0, 0.05) is 81.2 Å². The molecule has 0 aromatic heterocycles. The maximum atomic E-state index is 5.07. The zero-order valence-corrected chi connectivity index (χ0v) is 75.5. The van der Waals surface area contributed by atoms with Gasteiger partial charge in [-0.25, -0.2) is 0 Å². The molecule has 11 aliphatic heterocycles. The fourth-order valence-electron chi connectivity index (χ4n) is 14.7. The molecule has 1 N–H and O–H groups in total. The fraction of sp³-hybridized carbons (Fsp3) is 1.00. The second-order valence-electron chi connectivity index (χ2n) is 44.1. The molecule has 4 bridgehead atoms. The van der Waals surface area contributed by atoms with Crippen LogP contribution in [0, 0.1) is 44.8 Å². The van der Waals surface area contributed by atoms with E-state index in [1.165, 1.54) is 310 Å². The van der Waals surface area contributed by atoms with Gasteiger partial charge in [0.15, 0.2) is 0 Å². The molecule has 0 aromatic carbocycles. The lowest BCUT2D eigenvalue weighted by Crippen LogP contribution is -2.57. The average molecular weight is 1430 g/mol. The van der Waals surface area contributed by atoms with Gasteiger partial charge in [0.2, 0.25) is 0 Å². The maximum Gasteiger partial charge on any atom is 0.0466 e. The Hall–Kier alpha value is -0.320. The van der Waals surface area contributed by atoms with Crippen LogP contribution in [0.4, 0.5) is 0 Å². The first-order chi connectivity index (χ1) is 46.7. The molecule has 5 atom stereocenters. The summed E-state index contributed by atoms with van der Waals surface area (Å²) in [6.07, 6.45) is 49.6. The molecule has 608 valence electrons. The van der Waals surface area contributed by atoms with E-state index in [-0.39, 0.29) is 0 Å². The van der Waals surface area contributed by atoms with E-state index in [9.17, 15) is 0 Å². The first-order valence-corrected chi connectivity index (χ1v) is 44.5. The van der Waals surface area contributed by atoms with E-state index in [0.717, 1.165) is 55.1 Å². The topological polar surface area (TPSA) is 40.7 Å². The molecule has 0 aromatic rings. The summed E-state index contributed by atoms with van der Waals surface area (Å²) in [4.78, 5) is 16.0. The molecule has 3 saturated carbocycles. The van der Waals surface area contributed by atoms with Gasteiger partial charge in [-0.05, 0) is 267 Å². The molecule has 0 radical (unpaired) electrons. The predicted molar refractivity (Wildman–Crippen MR) is 458 cm³/mol. The molecule has 3 aliphatic carbocycles. The molecule has 101 heavy (non-hydrogen) atoms. The summed E-state index contributed by atoms with van der Waals surface area (Å²) in [5.41, 5.74) is 3.21. The zero-order chi connectivity index (χ0) is 76.8. The Morgan fingerprint density at radius 2 is 0.574 bits per heavy atom. The highest BCUT2D eigenvalue weighted by molar-refractivity contribution is 4.91. The number of piperidine rings is 5. The molecule has 14 aliphatic rings. The highest BCUT2D eigenvalue weighted by atomic mass is 16.5. The maximum absolute atomic E-state index is 5.07. The lowest BCUT2D eigenvalue weighted by Gasteiger charge is -2.46. The largest absolute Gasteiger partial charge is 0.381 e. The standard InChI is InChI=1S/2C13H26N2.C8H15N.C7H13N.C7H14.C6H11N.C5H10O.C5H10.5C5H12.C4H10/c1-13(2,3)15-9-5-7-12-6-4-8-14(12)10-11-15;1-13(2,3)15-10-9-14-8-6-4-5-7-12(14)11-15;1-2-6-9-7-3-5-8(9)4-1;1-4-8-5-2-7(1)3-6-8;1-2-4-6-7-5-3-1;1-2-6-3-5(1)4-7-6;1-2-4-6-5-3-1;1-2-4-5-3-1;5*1-5(2,3)4;1-4(2)3/h2*12H,4-11H2,1-3H3;8H,1-7H2;7H,1-6H2;1-7H2;5-7H,1-4H2;1-5H2;1-5H2;5*1-4H3;4H,1-3H3. The molecule has 14 fully saturated rings. The van der Waals surface area contributed by atoms with E-state index in [2.05, 4.69) is 236 Å². The average Bonchev–Trinajstić information content (AvgIpc) is 1.84. The molecule has 8 nitrogen and oxygen atoms in total. The third kappa shape index (κ3) is 68.7. The van der Waals surface area contributed by atoms with Crippen LogP contribution in [-0.2, 0) is 4.74 Å². The number of nitrogens with zero attached hydrogens (tertiary/aromatic N) is 6. The summed E-state index contributed by atoms with van der Waals surface area (Å²) in [6, 6.07) is 3.69. The normalized spacial score (nSPS) is 27.0. The highest BCUT2D eigenvalue weighted by Gasteiger charge is 2.34. The van der Waals surface area contributed by atoms with Crippen molar-refractivity contribution in [2.75, 3.05) is 105 Å². The molecule has 8 heteroatoms. The lowest BCUT2D eigenvalue weighted by atomic mass is 9.89. The summed E-state index contributed by atoms with van der Waals surface area (Å²) < 4.78 is 5.07. The first-order valence-electron chi connectivity index (χ1n) is 44.5. The Kier molecular flexibility index (Phi) is 55.0. The SMILES string of the molecule is C1CC2CC1CN2.C1CCCC1.C1CCCCCC1.C1CCN2CCCC2C1.C1CCOCC1.C1CN2CCC1CC2.CC(C)(C)C.CC(C)(C)C.CC(C)(C)C.CC(C)(C)C.CC(C)(C)C.CC(C)(C)N1CCCC2CCCN2CC1.CC(C)(C)N1CCN2CCCCCC2C1.CC(C)C. The molecular formula is C93H195N7O. The summed E-state index contributed by atoms with van der Waals surface area (Å²) in [6.45, 7) is 85.0. The number of hydrogen-bond donors (Lipinski definition) is 1. The molecule has 14 rings (SSSR count). The van der Waals surface area contributed by atoms with Gasteiger partial charge in [-0.3, -0.25) is 19.6 Å². The van der Waals surface area contributed by atoms with Gasteiger partial charge in [-0.2, -0.15) is 0 Å². The zero-order valence-electron chi connectivity index (χ0n) is 75.5. The van der Waals surface area contributed by atoms with Gasteiger partial charge in [0.25, 0.3) is 0 Å². The Labute approximate surface area is 640 Å². The Balaban J connectivity index is 0.00000109. The van der Waals surface area contributed by atoms with Crippen LogP contribution < -0.4 is 5.32 Å². The number of piperazine rings is 1. The number of hydrogen-bond acceptors (Lipinski definition) is 8. The minimum absolute atomic E-state index is 0.354. The van der Waals surface area contributed by atoms with Crippen molar-refractivity contribution < 1.29 is 4.74 Å². The summed E-state index contributed by atoms with van der Waals surface area (Å²) in [5.74, 6) is 3.00. The Bertz CT molecular complexity index is 1630. The van der Waals surface area contributed by atoms with Gasteiger partial charge in [0.05, 0.1) is 0 Å². The van der Waals surface area contributed by atoms with Crippen molar-refractivity contribution in [2.24, 2.45) is 44.8 Å². The van der Waals surface area contributed by atoms with Crippen LogP contribution in [0.3, 0.4) is 0 Å². The van der Waals surface area contributed by atoms with Crippen LogP contribution in [0.2, 0.25) is 0 Å². The van der Waals surface area contributed by atoms with Crippen molar-refractivity contribution in [3.8, 4) is 0 Å². The summed E-state index contributed by atoms with van der Waals surface area (Å²) in [5, 5.41) is 3.46. The Morgan fingerprint density at radius 1 is 0.277 bits per heavy atom. The van der Waals surface area contributed by atoms with Crippen LogP contribution in [0.15, 0.2) is 0 Å². The number of ether oxygens (including phenoxy) is 1. The molecule has 0 spiro atoms. The molecule has 5 unspecified atom stereocenters. The minimum Gasteiger partial charge on any atom is -0.381 e. The van der Waals surface area contributed by atoms with Crippen LogP contribution in [-0.4, -0.2) is 169 Å². The van der Waals surface area contributed by atoms with Crippen molar-refractivity contribution in [3.63, 3.8) is 0 Å². The number of fused-ring (bicyclic) bond motifs is 8. The first kappa shape index (κ1) is 101. The van der Waals surface area contributed by atoms with Gasteiger partial charge in [-0.15, -0.1) is 0 Å². The van der Waals surface area contributed by atoms with Crippen molar-refractivity contribution in [3.05, 3.63) is 0 Å². The van der Waals surface area contributed by atoms with Gasteiger partial charge in [0.1, 0.15) is 0 Å². The fourth-order valence-corrected chi connectivity index (χ4v) is 14.7. The van der Waals surface area contributed by atoms with Crippen LogP contribution in [0.25, 0.3) is 0 Å². The second kappa shape index (κ2) is 55.1. The van der Waals surface area contributed by atoms with Crippen LogP contribution >= 0.6 is 0 Å².